The maximum atomic E-state index is 12.9. The van der Waals surface area contributed by atoms with Crippen molar-refractivity contribution in [3.8, 4) is 5.69 Å². The van der Waals surface area contributed by atoms with Crippen LogP contribution in [0, 0.1) is 6.92 Å². The van der Waals surface area contributed by atoms with Gasteiger partial charge in [-0.1, -0.05) is 36.4 Å². The Morgan fingerprint density at radius 2 is 1.41 bits per heavy atom. The number of esters is 2. The maximum Gasteiger partial charge on any atom is 0.673 e. The van der Waals surface area contributed by atoms with Crippen LogP contribution >= 0.6 is 0 Å². The van der Waals surface area contributed by atoms with E-state index in [-0.39, 0.29) is 24.5 Å². The molecule has 3 rings (SSSR count). The predicted molar refractivity (Wildman–Crippen MR) is 112 cm³/mol. The number of rotatable bonds is 5. The fraction of sp³-hybridized carbons (Fsp3) is 0.227. The number of aromatic nitrogens is 1. The van der Waals surface area contributed by atoms with Crippen LogP contribution in [0.3, 0.4) is 0 Å². The predicted octanol–water partition coefficient (Wildman–Crippen LogP) is 5.08. The zero-order chi connectivity index (χ0) is 23.9. The Labute approximate surface area is 182 Å². The summed E-state index contributed by atoms with van der Waals surface area (Å²) in [6.45, 7) is 5.86. The lowest BCUT2D eigenvalue weighted by Crippen LogP contribution is -2.41. The molecule has 0 atom stereocenters. The van der Waals surface area contributed by atoms with Gasteiger partial charge in [0.1, 0.15) is 5.56 Å². The molecular weight excluding hydrogens is 429 g/mol. The Morgan fingerprint density at radius 1 is 0.875 bits per heavy atom. The van der Waals surface area contributed by atoms with E-state index < -0.39 is 19.2 Å². The first kappa shape index (κ1) is 24.8. The van der Waals surface area contributed by atoms with Gasteiger partial charge in [0.05, 0.1) is 13.2 Å². The number of carbonyl (C=O) groups is 2. The van der Waals surface area contributed by atoms with Crippen LogP contribution in [0.15, 0.2) is 54.7 Å². The molecule has 0 bridgehead atoms. The molecule has 0 saturated heterocycles. The number of para-hydroxylation sites is 1. The molecule has 0 radical (unpaired) electrons. The largest absolute Gasteiger partial charge is 0.673 e. The molecule has 0 unspecified atom stereocenters. The lowest BCUT2D eigenvalue weighted by Gasteiger charge is -2.12. The van der Waals surface area contributed by atoms with Crippen molar-refractivity contribution in [1.82, 2.24) is 0 Å². The van der Waals surface area contributed by atoms with E-state index >= 15 is 0 Å². The van der Waals surface area contributed by atoms with Crippen molar-refractivity contribution in [3.05, 3.63) is 71.5 Å². The van der Waals surface area contributed by atoms with Crippen LogP contribution in [-0.4, -0.2) is 32.4 Å². The summed E-state index contributed by atoms with van der Waals surface area (Å²) in [6, 6.07) is 15.1. The number of fused-ring (bicyclic) bond motifs is 1. The van der Waals surface area contributed by atoms with E-state index in [2.05, 4.69) is 0 Å². The number of halogens is 4. The van der Waals surface area contributed by atoms with Gasteiger partial charge in [0.15, 0.2) is 6.20 Å². The molecule has 1 heterocycles. The number of ether oxygens (including phenoxy) is 2. The van der Waals surface area contributed by atoms with Gasteiger partial charge >= 0.3 is 24.9 Å². The van der Waals surface area contributed by atoms with Gasteiger partial charge in [-0.2, -0.15) is 4.57 Å². The van der Waals surface area contributed by atoms with Crippen LogP contribution < -0.4 is 4.57 Å². The smallest absolute Gasteiger partial charge is 0.462 e. The molecule has 0 N–H and O–H groups in total. The molecule has 0 saturated carbocycles. The van der Waals surface area contributed by atoms with Crippen molar-refractivity contribution in [3.63, 3.8) is 0 Å². The second-order valence-electron chi connectivity index (χ2n) is 6.53. The van der Waals surface area contributed by atoms with Crippen LogP contribution in [0.2, 0.25) is 0 Å². The molecule has 0 fully saturated rings. The van der Waals surface area contributed by atoms with E-state index in [0.717, 1.165) is 16.6 Å². The maximum absolute atomic E-state index is 12.9. The molecular formula is C22H22BF4NO4. The lowest BCUT2D eigenvalue weighted by molar-refractivity contribution is -0.597. The summed E-state index contributed by atoms with van der Waals surface area (Å²) in [5, 5.41) is 1.49. The van der Waals surface area contributed by atoms with Crippen LogP contribution in [0.1, 0.15) is 40.3 Å². The number of pyridine rings is 1. The average Bonchev–Trinajstić information content (AvgIpc) is 2.72. The van der Waals surface area contributed by atoms with Crippen LogP contribution in [0.25, 0.3) is 16.5 Å². The molecule has 0 aliphatic rings. The molecule has 5 nitrogen and oxygen atoms in total. The Hall–Kier alpha value is -3.43. The average molecular weight is 451 g/mol. The highest BCUT2D eigenvalue weighted by Gasteiger charge is 2.34. The highest BCUT2D eigenvalue weighted by molar-refractivity contribution is 6.50. The number of benzene rings is 2. The second kappa shape index (κ2) is 10.7. The van der Waals surface area contributed by atoms with Crippen molar-refractivity contribution >= 4 is 30.0 Å². The van der Waals surface area contributed by atoms with Gasteiger partial charge in [0, 0.05) is 22.4 Å². The molecule has 10 heteroatoms. The zero-order valence-electron chi connectivity index (χ0n) is 17.8. The molecule has 0 spiro atoms. The summed E-state index contributed by atoms with van der Waals surface area (Å²) < 4.78 is 51.3. The van der Waals surface area contributed by atoms with Gasteiger partial charge < -0.3 is 26.7 Å². The highest BCUT2D eigenvalue weighted by atomic mass is 19.5. The monoisotopic (exact) mass is 451 g/mol. The number of hydrogen-bond acceptors (Lipinski definition) is 4. The standard InChI is InChI=1S/C22H22NO4.BF4/c1-4-26-21(24)19-17-12-8-7-11-16(17)14-23(20(19)22(25)27-5-2)18-13-9-6-10-15(18)3;2-1(3,4)5/h6-14H,4-5H2,1-3H3;/q+1;-1. The van der Waals surface area contributed by atoms with E-state index in [1.165, 1.54) is 0 Å². The van der Waals surface area contributed by atoms with Crippen LogP contribution in [0.4, 0.5) is 17.3 Å². The Morgan fingerprint density at radius 3 is 2.00 bits per heavy atom. The zero-order valence-corrected chi connectivity index (χ0v) is 17.8. The van der Waals surface area contributed by atoms with Gasteiger partial charge in [-0.05, 0) is 26.8 Å². The minimum Gasteiger partial charge on any atom is -0.462 e. The summed E-state index contributed by atoms with van der Waals surface area (Å²) in [5.74, 6) is -1.10. The minimum atomic E-state index is -6.00. The molecule has 0 aliphatic heterocycles. The fourth-order valence-corrected chi connectivity index (χ4v) is 3.12. The summed E-state index contributed by atoms with van der Waals surface area (Å²) >= 11 is 0. The lowest BCUT2D eigenvalue weighted by atomic mass is 10.0. The SMILES string of the molecule is CCOC(=O)c1c(C(=O)OCC)[n+](-c2ccccc2C)cc2ccccc12.F[B-](F)(F)F. The normalized spacial score (nSPS) is 10.8. The summed E-state index contributed by atoms with van der Waals surface area (Å²) in [5.41, 5.74) is 2.16. The summed E-state index contributed by atoms with van der Waals surface area (Å²) in [6.07, 6.45) is 1.85. The molecule has 170 valence electrons. The first-order chi connectivity index (χ1) is 15.1. The van der Waals surface area contributed by atoms with E-state index in [9.17, 15) is 26.9 Å². The molecule has 32 heavy (non-hydrogen) atoms. The van der Waals surface area contributed by atoms with E-state index in [1.54, 1.807) is 18.4 Å². The summed E-state index contributed by atoms with van der Waals surface area (Å²) in [7, 11) is -6.00. The highest BCUT2D eigenvalue weighted by Crippen LogP contribution is 2.23. The van der Waals surface area contributed by atoms with Crippen molar-refractivity contribution in [2.75, 3.05) is 13.2 Å². The Bertz CT molecular complexity index is 1110. The van der Waals surface area contributed by atoms with Crippen molar-refractivity contribution < 1.29 is 40.9 Å². The van der Waals surface area contributed by atoms with E-state index in [1.807, 2.05) is 61.7 Å². The second-order valence-corrected chi connectivity index (χ2v) is 6.53. The third-order valence-corrected chi connectivity index (χ3v) is 4.30. The molecule has 2 aromatic carbocycles. The number of hydrogen-bond donors (Lipinski definition) is 0. The molecule has 1 aromatic heterocycles. The first-order valence-electron chi connectivity index (χ1n) is 9.83. The van der Waals surface area contributed by atoms with Gasteiger partial charge in [-0.3, -0.25) is 0 Å². The number of aryl methyl sites for hydroxylation is 1. The number of carbonyl (C=O) groups excluding carboxylic acids is 2. The third-order valence-electron chi connectivity index (χ3n) is 4.30. The quantitative estimate of drug-likeness (QED) is 0.235. The third kappa shape index (κ3) is 6.29. The van der Waals surface area contributed by atoms with Gasteiger partial charge in [0.2, 0.25) is 5.69 Å². The Balaban J connectivity index is 0.000000654. The van der Waals surface area contributed by atoms with Gasteiger partial charge in [0.25, 0.3) is 0 Å². The van der Waals surface area contributed by atoms with E-state index in [4.69, 9.17) is 9.47 Å². The molecule has 0 amide bonds. The first-order valence-corrected chi connectivity index (χ1v) is 9.83. The number of nitrogens with zero attached hydrogens (tertiary/aromatic N) is 1. The van der Waals surface area contributed by atoms with Crippen LogP contribution in [0.5, 0.6) is 0 Å². The Kier molecular flexibility index (Phi) is 8.34. The van der Waals surface area contributed by atoms with Crippen molar-refractivity contribution in [2.45, 2.75) is 20.8 Å². The summed E-state index contributed by atoms with van der Waals surface area (Å²) in [4.78, 5) is 25.7. The fourth-order valence-electron chi connectivity index (χ4n) is 3.12. The molecule has 0 aliphatic carbocycles. The van der Waals surface area contributed by atoms with Crippen LogP contribution in [-0.2, 0) is 9.47 Å². The minimum absolute atomic E-state index is 0.170. The topological polar surface area (TPSA) is 56.5 Å². The van der Waals surface area contributed by atoms with Gasteiger partial charge in [-0.15, -0.1) is 0 Å². The van der Waals surface area contributed by atoms with Crippen molar-refractivity contribution in [2.24, 2.45) is 0 Å². The van der Waals surface area contributed by atoms with E-state index in [0.29, 0.717) is 5.39 Å². The van der Waals surface area contributed by atoms with Gasteiger partial charge in [-0.25, -0.2) is 9.59 Å². The van der Waals surface area contributed by atoms with Crippen molar-refractivity contribution in [1.29, 1.82) is 0 Å². The molecule has 3 aromatic rings.